The first-order valence-corrected chi connectivity index (χ1v) is 7.44. The number of hydrogen-bond acceptors (Lipinski definition) is 1. The van der Waals surface area contributed by atoms with Crippen LogP contribution in [0.3, 0.4) is 0 Å². The Morgan fingerprint density at radius 1 is 0.846 bits per heavy atom. The molecule has 2 aromatic rings. The molecule has 2 aromatic carbocycles. The Kier molecular flexibility index (Phi) is 5.79. The zero-order chi connectivity index (χ0) is 19.4. The van der Waals surface area contributed by atoms with E-state index in [2.05, 4.69) is 10.6 Å². The Morgan fingerprint density at radius 2 is 1.38 bits per heavy atom. The van der Waals surface area contributed by atoms with Crippen LogP contribution in [0.5, 0.6) is 0 Å². The number of para-hydroxylation sites is 1. The van der Waals surface area contributed by atoms with Gasteiger partial charge in [0.1, 0.15) is 0 Å². The molecule has 0 aliphatic heterocycles. The predicted molar refractivity (Wildman–Crippen MR) is 83.6 cm³/mol. The predicted octanol–water partition coefficient (Wildman–Crippen LogP) is 5.09. The van der Waals surface area contributed by atoms with Crippen molar-refractivity contribution in [1.82, 2.24) is 5.32 Å². The van der Waals surface area contributed by atoms with Gasteiger partial charge < -0.3 is 10.6 Å². The number of rotatable bonds is 4. The number of anilines is 1. The average molecular weight is 376 g/mol. The minimum absolute atomic E-state index is 0.0685. The van der Waals surface area contributed by atoms with Crippen LogP contribution in [0.25, 0.3) is 0 Å². The number of nitrogens with one attached hydrogen (secondary N) is 2. The van der Waals surface area contributed by atoms with Crippen LogP contribution in [-0.2, 0) is 18.8 Å². The van der Waals surface area contributed by atoms with Crippen molar-refractivity contribution >= 4 is 11.7 Å². The van der Waals surface area contributed by atoms with Gasteiger partial charge in [0.2, 0.25) is 0 Å². The third-order valence-corrected chi connectivity index (χ3v) is 3.38. The SMILES string of the molecule is O=C(NCCc1cc(C(F)(F)F)cc(C(F)(F)F)c1)Nc1ccccc1. The van der Waals surface area contributed by atoms with Crippen LogP contribution in [-0.4, -0.2) is 12.6 Å². The van der Waals surface area contributed by atoms with Crippen LogP contribution < -0.4 is 10.6 Å². The highest BCUT2D eigenvalue weighted by molar-refractivity contribution is 5.89. The number of benzene rings is 2. The third kappa shape index (κ3) is 5.68. The zero-order valence-corrected chi connectivity index (χ0v) is 13.2. The van der Waals surface area contributed by atoms with Gasteiger partial charge in [-0.2, -0.15) is 26.3 Å². The molecule has 0 bridgehead atoms. The molecule has 9 heteroatoms. The topological polar surface area (TPSA) is 41.1 Å². The van der Waals surface area contributed by atoms with Crippen molar-refractivity contribution in [3.8, 4) is 0 Å². The van der Waals surface area contributed by atoms with Crippen LogP contribution in [0.2, 0.25) is 0 Å². The summed E-state index contributed by atoms with van der Waals surface area (Å²) in [6, 6.07) is 9.13. The fourth-order valence-electron chi connectivity index (χ4n) is 2.18. The van der Waals surface area contributed by atoms with Gasteiger partial charge >= 0.3 is 18.4 Å². The number of hydrogen-bond donors (Lipinski definition) is 2. The second kappa shape index (κ2) is 7.67. The smallest absolute Gasteiger partial charge is 0.338 e. The van der Waals surface area contributed by atoms with Crippen LogP contribution in [0.1, 0.15) is 16.7 Å². The molecule has 0 unspecified atom stereocenters. The number of amides is 2. The highest BCUT2D eigenvalue weighted by Gasteiger charge is 2.36. The normalized spacial score (nSPS) is 11.9. The Morgan fingerprint density at radius 3 is 1.88 bits per heavy atom. The van der Waals surface area contributed by atoms with Crippen LogP contribution >= 0.6 is 0 Å². The summed E-state index contributed by atoms with van der Waals surface area (Å²) in [5, 5.41) is 4.87. The second-order valence-electron chi connectivity index (χ2n) is 5.41. The summed E-state index contributed by atoms with van der Waals surface area (Å²) in [5.74, 6) is 0. The molecular weight excluding hydrogens is 362 g/mol. The average Bonchev–Trinajstić information content (AvgIpc) is 2.54. The number of carbonyl (C=O) groups is 1. The van der Waals surface area contributed by atoms with Crippen LogP contribution in [0.4, 0.5) is 36.8 Å². The standard InChI is InChI=1S/C17H14F6N2O/c18-16(19,20)12-8-11(9-13(10-12)17(21,22)23)6-7-24-15(26)25-14-4-2-1-3-5-14/h1-5,8-10H,6-7H2,(H2,24,25,26). The summed E-state index contributed by atoms with van der Waals surface area (Å²) in [6.45, 7) is -0.128. The van der Waals surface area contributed by atoms with Gasteiger partial charge in [-0.05, 0) is 42.3 Å². The Labute approximate surface area is 145 Å². The quantitative estimate of drug-likeness (QED) is 0.718. The molecule has 2 rings (SSSR count). The van der Waals surface area contributed by atoms with Crippen LogP contribution in [0.15, 0.2) is 48.5 Å². The number of alkyl halides is 6. The lowest BCUT2D eigenvalue weighted by atomic mass is 10.0. The van der Waals surface area contributed by atoms with Crippen molar-refractivity contribution in [3.63, 3.8) is 0 Å². The molecule has 2 amide bonds. The minimum Gasteiger partial charge on any atom is -0.338 e. The molecular formula is C17H14F6N2O. The van der Waals surface area contributed by atoms with Gasteiger partial charge in [-0.1, -0.05) is 18.2 Å². The molecule has 0 aromatic heterocycles. The molecule has 0 aliphatic rings. The van der Waals surface area contributed by atoms with Gasteiger partial charge in [0.15, 0.2) is 0 Å². The maximum atomic E-state index is 12.8. The molecule has 0 heterocycles. The van der Waals surface area contributed by atoms with E-state index in [1.807, 2.05) is 0 Å². The lowest BCUT2D eigenvalue weighted by molar-refractivity contribution is -0.143. The highest BCUT2D eigenvalue weighted by Crippen LogP contribution is 2.36. The van der Waals surface area contributed by atoms with Crippen molar-refractivity contribution in [1.29, 1.82) is 0 Å². The fraction of sp³-hybridized carbons (Fsp3) is 0.235. The van der Waals surface area contributed by atoms with Crippen molar-refractivity contribution < 1.29 is 31.1 Å². The van der Waals surface area contributed by atoms with E-state index in [9.17, 15) is 31.1 Å². The van der Waals surface area contributed by atoms with Gasteiger partial charge in [-0.25, -0.2) is 4.79 Å². The Hall–Kier alpha value is -2.71. The van der Waals surface area contributed by atoms with Gasteiger partial charge in [0, 0.05) is 12.2 Å². The summed E-state index contributed by atoms with van der Waals surface area (Å²) < 4.78 is 76.7. The van der Waals surface area contributed by atoms with Crippen molar-refractivity contribution in [3.05, 3.63) is 65.2 Å². The van der Waals surface area contributed by atoms with E-state index < -0.39 is 29.5 Å². The summed E-state index contributed by atoms with van der Waals surface area (Å²) in [5.41, 5.74) is -2.43. The number of urea groups is 1. The fourth-order valence-corrected chi connectivity index (χ4v) is 2.18. The van der Waals surface area contributed by atoms with Gasteiger partial charge in [0.25, 0.3) is 0 Å². The lowest BCUT2D eigenvalue weighted by Crippen LogP contribution is -2.30. The van der Waals surface area contributed by atoms with Gasteiger partial charge in [0.05, 0.1) is 11.1 Å². The number of halogens is 6. The summed E-state index contributed by atoms with van der Waals surface area (Å²) in [6.07, 6.45) is -9.97. The van der Waals surface area contributed by atoms with E-state index in [-0.39, 0.29) is 24.6 Å². The molecule has 0 radical (unpaired) electrons. The molecule has 0 saturated heterocycles. The molecule has 26 heavy (non-hydrogen) atoms. The summed E-state index contributed by atoms with van der Waals surface area (Å²) in [4.78, 5) is 11.7. The second-order valence-corrected chi connectivity index (χ2v) is 5.41. The summed E-state index contributed by atoms with van der Waals surface area (Å²) in [7, 11) is 0. The van der Waals surface area contributed by atoms with Gasteiger partial charge in [-0.3, -0.25) is 0 Å². The van der Waals surface area contributed by atoms with Crippen LogP contribution in [0, 0.1) is 0 Å². The number of carbonyl (C=O) groups excluding carboxylic acids is 1. The molecule has 0 fully saturated rings. The first-order valence-electron chi connectivity index (χ1n) is 7.44. The monoisotopic (exact) mass is 376 g/mol. The van der Waals surface area contributed by atoms with Crippen molar-refractivity contribution in [2.75, 3.05) is 11.9 Å². The first kappa shape index (κ1) is 19.6. The summed E-state index contributed by atoms with van der Waals surface area (Å²) >= 11 is 0. The van der Waals surface area contributed by atoms with E-state index in [1.165, 1.54) is 0 Å². The molecule has 3 nitrogen and oxygen atoms in total. The van der Waals surface area contributed by atoms with Crippen molar-refractivity contribution in [2.45, 2.75) is 18.8 Å². The van der Waals surface area contributed by atoms with Gasteiger partial charge in [-0.15, -0.1) is 0 Å². The third-order valence-electron chi connectivity index (χ3n) is 3.38. The van der Waals surface area contributed by atoms with E-state index in [0.29, 0.717) is 17.8 Å². The molecule has 0 atom stereocenters. The van der Waals surface area contributed by atoms with E-state index in [4.69, 9.17) is 0 Å². The molecule has 0 spiro atoms. The first-order chi connectivity index (χ1) is 12.1. The Bertz CT molecular complexity index is 724. The molecule has 2 N–H and O–H groups in total. The molecule has 0 saturated carbocycles. The van der Waals surface area contributed by atoms with E-state index >= 15 is 0 Å². The van der Waals surface area contributed by atoms with E-state index in [1.54, 1.807) is 30.3 Å². The maximum Gasteiger partial charge on any atom is 0.416 e. The lowest BCUT2D eigenvalue weighted by Gasteiger charge is -2.14. The highest BCUT2D eigenvalue weighted by atomic mass is 19.4. The maximum absolute atomic E-state index is 12.8. The molecule has 140 valence electrons. The molecule has 0 aliphatic carbocycles. The zero-order valence-electron chi connectivity index (χ0n) is 13.2. The van der Waals surface area contributed by atoms with E-state index in [0.717, 1.165) is 0 Å². The largest absolute Gasteiger partial charge is 0.416 e. The Balaban J connectivity index is 2.03. The minimum atomic E-state index is -4.89. The van der Waals surface area contributed by atoms with Crippen molar-refractivity contribution in [2.24, 2.45) is 0 Å².